The maximum Gasteiger partial charge on any atom is 0.271 e. The third-order valence-electron chi connectivity index (χ3n) is 3.52. The van der Waals surface area contributed by atoms with E-state index in [0.29, 0.717) is 23.8 Å². The van der Waals surface area contributed by atoms with Crippen molar-refractivity contribution < 1.29 is 9.53 Å². The Morgan fingerprint density at radius 3 is 3.00 bits per heavy atom. The number of anilines is 1. The van der Waals surface area contributed by atoms with Crippen molar-refractivity contribution >= 4 is 11.6 Å². The van der Waals surface area contributed by atoms with Crippen LogP contribution in [0.2, 0.25) is 0 Å². The minimum atomic E-state index is -0.155. The van der Waals surface area contributed by atoms with Gasteiger partial charge < -0.3 is 15.8 Å². The molecule has 106 valence electrons. The molecule has 6 nitrogen and oxygen atoms in total. The predicted molar refractivity (Wildman–Crippen MR) is 72.9 cm³/mol. The number of ether oxygens (including phenoxy) is 1. The van der Waals surface area contributed by atoms with Crippen molar-refractivity contribution in [3.05, 3.63) is 11.4 Å². The molecule has 0 aromatic carbocycles. The number of nitrogens with zero attached hydrogens (tertiary/aromatic N) is 2. The molecule has 1 saturated heterocycles. The number of amides is 1. The molecule has 1 aliphatic heterocycles. The van der Waals surface area contributed by atoms with Gasteiger partial charge in [-0.05, 0) is 25.2 Å². The Balaban J connectivity index is 1.97. The fraction of sp³-hybridized carbons (Fsp3) is 0.692. The van der Waals surface area contributed by atoms with Crippen molar-refractivity contribution in [1.29, 1.82) is 0 Å². The van der Waals surface area contributed by atoms with Gasteiger partial charge in [-0.3, -0.25) is 9.48 Å². The van der Waals surface area contributed by atoms with E-state index in [1.807, 2.05) is 6.92 Å². The maximum atomic E-state index is 12.2. The quantitative estimate of drug-likeness (QED) is 0.841. The van der Waals surface area contributed by atoms with Crippen LogP contribution in [0.3, 0.4) is 0 Å². The van der Waals surface area contributed by atoms with Crippen molar-refractivity contribution in [1.82, 2.24) is 15.1 Å². The highest BCUT2D eigenvalue weighted by molar-refractivity contribution is 5.97. The number of nitrogen functional groups attached to an aromatic ring is 1. The number of carbonyl (C=O) groups is 1. The average molecular weight is 266 g/mol. The highest BCUT2D eigenvalue weighted by Crippen LogP contribution is 2.17. The summed E-state index contributed by atoms with van der Waals surface area (Å²) in [4.78, 5) is 12.2. The first-order chi connectivity index (χ1) is 9.13. The average Bonchev–Trinajstić information content (AvgIpc) is 2.72. The van der Waals surface area contributed by atoms with Gasteiger partial charge in [0.25, 0.3) is 5.91 Å². The number of hydrogen-bond acceptors (Lipinski definition) is 4. The van der Waals surface area contributed by atoms with E-state index in [9.17, 15) is 4.79 Å². The second kappa shape index (κ2) is 6.06. The third kappa shape index (κ3) is 3.07. The number of nitrogens with two attached hydrogens (primary N) is 1. The largest absolute Gasteiger partial charge is 0.395 e. The first-order valence-corrected chi connectivity index (χ1v) is 6.80. The van der Waals surface area contributed by atoms with Crippen molar-refractivity contribution in [2.45, 2.75) is 26.2 Å². The van der Waals surface area contributed by atoms with Gasteiger partial charge in [0.2, 0.25) is 0 Å². The van der Waals surface area contributed by atoms with Crippen LogP contribution in [0.25, 0.3) is 0 Å². The Hall–Kier alpha value is -1.56. The lowest BCUT2D eigenvalue weighted by Crippen LogP contribution is -2.34. The molecule has 6 heteroatoms. The Bertz CT molecular complexity index is 450. The van der Waals surface area contributed by atoms with Gasteiger partial charge in [0.05, 0.1) is 18.0 Å². The van der Waals surface area contributed by atoms with Crippen LogP contribution in [0.15, 0.2) is 0 Å². The maximum absolute atomic E-state index is 12.2. The molecule has 1 unspecified atom stereocenters. The normalized spacial score (nSPS) is 19.4. The molecule has 0 bridgehead atoms. The van der Waals surface area contributed by atoms with Crippen LogP contribution >= 0.6 is 0 Å². The van der Waals surface area contributed by atoms with Gasteiger partial charge in [-0.1, -0.05) is 6.92 Å². The first kappa shape index (κ1) is 13.9. The van der Waals surface area contributed by atoms with Crippen molar-refractivity contribution in [2.24, 2.45) is 13.0 Å². The SMILES string of the molecule is CCc1nn(C)c(C(=O)NCC2CCCOC2)c1N. The molecule has 1 atom stereocenters. The van der Waals surface area contributed by atoms with E-state index in [1.165, 1.54) is 0 Å². The molecule has 1 amide bonds. The zero-order valence-electron chi connectivity index (χ0n) is 11.6. The summed E-state index contributed by atoms with van der Waals surface area (Å²) in [5.41, 5.74) is 7.67. The first-order valence-electron chi connectivity index (χ1n) is 6.80. The van der Waals surface area contributed by atoms with Crippen LogP contribution in [-0.2, 0) is 18.2 Å². The standard InChI is InChI=1S/C13H22N4O2/c1-3-10-11(14)12(17(2)16-10)13(18)15-7-9-5-4-6-19-8-9/h9H,3-8,14H2,1-2H3,(H,15,18). The van der Waals surface area contributed by atoms with Crippen molar-refractivity contribution in [2.75, 3.05) is 25.5 Å². The lowest BCUT2D eigenvalue weighted by molar-refractivity contribution is 0.0535. The molecule has 1 fully saturated rings. The highest BCUT2D eigenvalue weighted by Gasteiger charge is 2.20. The number of aromatic nitrogens is 2. The van der Waals surface area contributed by atoms with Crippen molar-refractivity contribution in [3.63, 3.8) is 0 Å². The van der Waals surface area contributed by atoms with E-state index in [2.05, 4.69) is 10.4 Å². The Labute approximate surface area is 113 Å². The molecule has 0 saturated carbocycles. The molecule has 0 radical (unpaired) electrons. The molecule has 1 aromatic heterocycles. The summed E-state index contributed by atoms with van der Waals surface area (Å²) < 4.78 is 6.95. The van der Waals surface area contributed by atoms with Crippen LogP contribution in [-0.4, -0.2) is 35.4 Å². The van der Waals surface area contributed by atoms with E-state index in [0.717, 1.165) is 38.2 Å². The van der Waals surface area contributed by atoms with Gasteiger partial charge in [-0.25, -0.2) is 0 Å². The number of aryl methyl sites for hydroxylation is 2. The topological polar surface area (TPSA) is 82.2 Å². The van der Waals surface area contributed by atoms with E-state index in [1.54, 1.807) is 11.7 Å². The summed E-state index contributed by atoms with van der Waals surface area (Å²) in [6.07, 6.45) is 2.89. The Morgan fingerprint density at radius 2 is 2.42 bits per heavy atom. The van der Waals surface area contributed by atoms with Crippen LogP contribution in [0.4, 0.5) is 5.69 Å². The molecule has 1 aliphatic rings. The minimum Gasteiger partial charge on any atom is -0.395 e. The van der Waals surface area contributed by atoms with Gasteiger partial charge in [0, 0.05) is 20.2 Å². The summed E-state index contributed by atoms with van der Waals surface area (Å²) in [6, 6.07) is 0. The molecule has 1 aromatic rings. The van der Waals surface area contributed by atoms with Gasteiger partial charge >= 0.3 is 0 Å². The lowest BCUT2D eigenvalue weighted by Gasteiger charge is -2.22. The third-order valence-corrected chi connectivity index (χ3v) is 3.52. The fourth-order valence-corrected chi connectivity index (χ4v) is 2.42. The number of hydrogen-bond donors (Lipinski definition) is 2. The summed E-state index contributed by atoms with van der Waals surface area (Å²) in [5.74, 6) is 0.246. The molecule has 2 rings (SSSR count). The predicted octanol–water partition coefficient (Wildman–Crippen LogP) is 0.721. The summed E-state index contributed by atoms with van der Waals surface area (Å²) in [5, 5.41) is 7.18. The van der Waals surface area contributed by atoms with E-state index < -0.39 is 0 Å². The fourth-order valence-electron chi connectivity index (χ4n) is 2.42. The Morgan fingerprint density at radius 1 is 1.63 bits per heavy atom. The number of nitrogens with one attached hydrogen (secondary N) is 1. The van der Waals surface area contributed by atoms with E-state index >= 15 is 0 Å². The Kier molecular flexibility index (Phi) is 4.42. The molecule has 2 heterocycles. The minimum absolute atomic E-state index is 0.155. The number of carbonyl (C=O) groups excluding carboxylic acids is 1. The second-order valence-corrected chi connectivity index (χ2v) is 4.98. The zero-order chi connectivity index (χ0) is 13.8. The molecule has 0 spiro atoms. The van der Waals surface area contributed by atoms with Crippen LogP contribution < -0.4 is 11.1 Å². The van der Waals surface area contributed by atoms with Gasteiger partial charge in [-0.15, -0.1) is 0 Å². The molecule has 0 aliphatic carbocycles. The molecule has 19 heavy (non-hydrogen) atoms. The monoisotopic (exact) mass is 266 g/mol. The zero-order valence-corrected chi connectivity index (χ0v) is 11.6. The van der Waals surface area contributed by atoms with Crippen LogP contribution in [0.1, 0.15) is 35.9 Å². The summed E-state index contributed by atoms with van der Waals surface area (Å²) in [6.45, 7) is 4.16. The molecular formula is C13H22N4O2. The van der Waals surface area contributed by atoms with Gasteiger partial charge in [0.1, 0.15) is 5.69 Å². The number of rotatable bonds is 4. The lowest BCUT2D eigenvalue weighted by atomic mass is 10.0. The van der Waals surface area contributed by atoms with Crippen LogP contribution in [0, 0.1) is 5.92 Å². The smallest absolute Gasteiger partial charge is 0.271 e. The summed E-state index contributed by atoms with van der Waals surface area (Å²) >= 11 is 0. The second-order valence-electron chi connectivity index (χ2n) is 4.98. The van der Waals surface area contributed by atoms with Gasteiger partial charge in [-0.2, -0.15) is 5.10 Å². The highest BCUT2D eigenvalue weighted by atomic mass is 16.5. The summed E-state index contributed by atoms with van der Waals surface area (Å²) in [7, 11) is 1.74. The van der Waals surface area contributed by atoms with Crippen molar-refractivity contribution in [3.8, 4) is 0 Å². The van der Waals surface area contributed by atoms with Crippen LogP contribution in [0.5, 0.6) is 0 Å². The van der Waals surface area contributed by atoms with E-state index in [4.69, 9.17) is 10.5 Å². The molecular weight excluding hydrogens is 244 g/mol. The molecule has 3 N–H and O–H groups in total. The van der Waals surface area contributed by atoms with E-state index in [-0.39, 0.29) is 5.91 Å². The van der Waals surface area contributed by atoms with Gasteiger partial charge in [0.15, 0.2) is 0 Å².